The van der Waals surface area contributed by atoms with Gasteiger partial charge in [-0.3, -0.25) is 0 Å². The quantitative estimate of drug-likeness (QED) is 0.475. The second kappa shape index (κ2) is 6.11. The first-order valence-electron chi connectivity index (χ1n) is 5.86. The Balaban J connectivity index is 2.37. The first-order valence-corrected chi connectivity index (χ1v) is 8.12. The Kier molecular flexibility index (Phi) is 4.45. The minimum Gasteiger partial charge on any atom is -0.481 e. The van der Waals surface area contributed by atoms with Gasteiger partial charge in [-0.1, -0.05) is 5.92 Å². The zero-order valence-electron chi connectivity index (χ0n) is 11.5. The van der Waals surface area contributed by atoms with Crippen LogP contribution in [0.25, 0.3) is 10.2 Å². The van der Waals surface area contributed by atoms with Crippen LogP contribution in [-0.4, -0.2) is 45.3 Å². The molecule has 1 aromatic heterocycles. The molecule has 0 spiro atoms. The van der Waals surface area contributed by atoms with E-state index in [0.717, 1.165) is 11.3 Å². The monoisotopic (exact) mass is 323 g/mol. The van der Waals surface area contributed by atoms with Crippen LogP contribution < -0.4 is 4.74 Å². The van der Waals surface area contributed by atoms with Gasteiger partial charge in [0.15, 0.2) is 0 Å². The Hall–Kier alpha value is -2.11. The number of sulfonamides is 1. The van der Waals surface area contributed by atoms with Gasteiger partial charge in [0.2, 0.25) is 4.34 Å². The minimum absolute atomic E-state index is 0.0512. The summed E-state index contributed by atoms with van der Waals surface area (Å²) in [5.74, 6) is 2.94. The first kappa shape index (κ1) is 15.3. The van der Waals surface area contributed by atoms with Gasteiger partial charge in [-0.05, 0) is 18.2 Å². The van der Waals surface area contributed by atoms with Crippen molar-refractivity contribution in [1.29, 1.82) is 0 Å². The van der Waals surface area contributed by atoms with Crippen molar-refractivity contribution < 1.29 is 13.2 Å². The molecule has 0 N–H and O–H groups in total. The predicted molar refractivity (Wildman–Crippen MR) is 83.3 cm³/mol. The molecular weight excluding hydrogens is 310 g/mol. The van der Waals surface area contributed by atoms with E-state index in [1.807, 2.05) is 0 Å². The van der Waals surface area contributed by atoms with Crippen LogP contribution in [-0.2, 0) is 10.0 Å². The fraction of sp³-hybridized carbons (Fsp3) is 0.231. The lowest BCUT2D eigenvalue weighted by Crippen LogP contribution is -2.10. The van der Waals surface area contributed by atoms with E-state index in [1.165, 1.54) is 11.2 Å². The zero-order valence-corrected chi connectivity index (χ0v) is 13.1. The van der Waals surface area contributed by atoms with E-state index in [0.29, 0.717) is 16.0 Å². The van der Waals surface area contributed by atoms with E-state index in [-0.39, 0.29) is 10.9 Å². The predicted octanol–water partition coefficient (Wildman–Crippen LogP) is 1.59. The molecule has 8 heteroatoms. The highest BCUT2D eigenvalue weighted by molar-refractivity contribution is 7.92. The number of aromatic nitrogens is 1. The van der Waals surface area contributed by atoms with Gasteiger partial charge in [0.05, 0.1) is 10.2 Å². The summed E-state index contributed by atoms with van der Waals surface area (Å²) < 4.78 is 33.6. The van der Waals surface area contributed by atoms with Crippen LogP contribution in [0.4, 0.5) is 0 Å². The van der Waals surface area contributed by atoms with Crippen molar-refractivity contribution >= 4 is 37.9 Å². The lowest BCUT2D eigenvalue weighted by molar-refractivity contribution is 0.371. The molecule has 0 saturated heterocycles. The maximum Gasteiger partial charge on any atom is 0.311 e. The van der Waals surface area contributed by atoms with Gasteiger partial charge in [-0.15, -0.1) is 22.2 Å². The molecule has 0 unspecified atom stereocenters. The Bertz CT molecular complexity index is 817. The second-order valence-electron chi connectivity index (χ2n) is 4.26. The number of thiazole rings is 1. The molecule has 2 rings (SSSR count). The number of terminal acetylenes is 1. The third kappa shape index (κ3) is 3.71. The van der Waals surface area contributed by atoms with E-state index in [4.69, 9.17) is 11.2 Å². The van der Waals surface area contributed by atoms with Gasteiger partial charge in [0.25, 0.3) is 0 Å². The van der Waals surface area contributed by atoms with Gasteiger partial charge in [-0.25, -0.2) is 4.98 Å². The molecule has 21 heavy (non-hydrogen) atoms. The maximum atomic E-state index is 12.0. The fourth-order valence-corrected chi connectivity index (χ4v) is 3.57. The first-order chi connectivity index (χ1) is 9.92. The summed E-state index contributed by atoms with van der Waals surface area (Å²) in [6.45, 7) is 0.155. The number of fused-ring (bicyclic) bond motifs is 1. The zero-order chi connectivity index (χ0) is 15.5. The van der Waals surface area contributed by atoms with E-state index in [9.17, 15) is 8.42 Å². The van der Waals surface area contributed by atoms with Gasteiger partial charge in [0.1, 0.15) is 18.7 Å². The summed E-state index contributed by atoms with van der Waals surface area (Å²) in [4.78, 5) is 5.62. The normalized spacial score (nSPS) is 11.7. The number of nitrogens with zero attached hydrogens (tertiary/aromatic N) is 3. The lowest BCUT2D eigenvalue weighted by Gasteiger charge is -2.00. The summed E-state index contributed by atoms with van der Waals surface area (Å²) in [6, 6.07) is 5.09. The molecule has 0 atom stereocenters. The Morgan fingerprint density at radius 3 is 2.95 bits per heavy atom. The lowest BCUT2D eigenvalue weighted by atomic mass is 10.3. The van der Waals surface area contributed by atoms with Crippen LogP contribution in [0.1, 0.15) is 0 Å². The van der Waals surface area contributed by atoms with Crippen molar-refractivity contribution in [2.45, 2.75) is 4.34 Å². The molecule has 0 aliphatic carbocycles. The average Bonchev–Trinajstić information content (AvgIpc) is 2.87. The molecule has 1 heterocycles. The number of hydrogen-bond acceptors (Lipinski definition) is 5. The average molecular weight is 323 g/mol. The standard InChI is InChI=1S/C13H13N3O3S2/c1-4-7-19-10-5-6-11-12(8-10)20-13(15-11)21(17,18)14-9-16(2)3/h1,5-6,8-9H,7H2,2-3H3. The van der Waals surface area contributed by atoms with Crippen LogP contribution in [0.5, 0.6) is 5.75 Å². The molecule has 0 radical (unpaired) electrons. The number of benzene rings is 1. The molecule has 110 valence electrons. The molecule has 0 fully saturated rings. The van der Waals surface area contributed by atoms with Crippen LogP contribution in [0.2, 0.25) is 0 Å². The Labute approximate surface area is 127 Å². The fourth-order valence-electron chi connectivity index (χ4n) is 1.41. The third-order valence-corrected chi connectivity index (χ3v) is 4.90. The molecular formula is C13H13N3O3S2. The number of ether oxygens (including phenoxy) is 1. The van der Waals surface area contributed by atoms with E-state index < -0.39 is 10.0 Å². The highest BCUT2D eigenvalue weighted by Crippen LogP contribution is 2.29. The van der Waals surface area contributed by atoms with Crippen molar-refractivity contribution in [3.05, 3.63) is 18.2 Å². The summed E-state index contributed by atoms with van der Waals surface area (Å²) in [7, 11) is -0.411. The highest BCUT2D eigenvalue weighted by Gasteiger charge is 2.18. The SMILES string of the molecule is C#CCOc1ccc2nc(S(=O)(=O)N=CN(C)C)sc2c1. The topological polar surface area (TPSA) is 71.9 Å². The van der Waals surface area contributed by atoms with Gasteiger partial charge >= 0.3 is 10.0 Å². The molecule has 0 bridgehead atoms. The molecule has 6 nitrogen and oxygen atoms in total. The van der Waals surface area contributed by atoms with E-state index >= 15 is 0 Å². The Morgan fingerprint density at radius 1 is 1.52 bits per heavy atom. The van der Waals surface area contributed by atoms with Crippen molar-refractivity contribution in [1.82, 2.24) is 9.88 Å². The molecule has 0 aliphatic heterocycles. The van der Waals surface area contributed by atoms with Crippen LogP contribution in [0, 0.1) is 12.3 Å². The summed E-state index contributed by atoms with van der Waals surface area (Å²) >= 11 is 1.04. The molecule has 1 aromatic carbocycles. The summed E-state index contributed by atoms with van der Waals surface area (Å²) in [5.41, 5.74) is 0.576. The van der Waals surface area contributed by atoms with Crippen molar-refractivity contribution in [3.8, 4) is 18.1 Å². The van der Waals surface area contributed by atoms with E-state index in [2.05, 4.69) is 15.3 Å². The summed E-state index contributed by atoms with van der Waals surface area (Å²) in [5, 5.41) is 0. The summed E-state index contributed by atoms with van der Waals surface area (Å²) in [6.07, 6.45) is 6.35. The highest BCUT2D eigenvalue weighted by atomic mass is 32.2. The maximum absolute atomic E-state index is 12.0. The number of hydrogen-bond donors (Lipinski definition) is 0. The Morgan fingerprint density at radius 2 is 2.29 bits per heavy atom. The minimum atomic E-state index is -3.78. The van der Waals surface area contributed by atoms with Crippen molar-refractivity contribution in [2.24, 2.45) is 4.40 Å². The molecule has 0 saturated carbocycles. The van der Waals surface area contributed by atoms with Crippen LogP contribution in [0.15, 0.2) is 26.9 Å². The second-order valence-corrected chi connectivity index (χ2v) is 7.10. The van der Waals surface area contributed by atoms with Gasteiger partial charge in [-0.2, -0.15) is 8.42 Å². The molecule has 0 amide bonds. The number of rotatable bonds is 5. The van der Waals surface area contributed by atoms with Crippen molar-refractivity contribution in [3.63, 3.8) is 0 Å². The largest absolute Gasteiger partial charge is 0.481 e. The molecule has 0 aliphatic rings. The smallest absolute Gasteiger partial charge is 0.311 e. The third-order valence-electron chi connectivity index (χ3n) is 2.30. The van der Waals surface area contributed by atoms with Crippen molar-refractivity contribution in [2.75, 3.05) is 20.7 Å². The molecule has 2 aromatic rings. The van der Waals surface area contributed by atoms with Crippen LogP contribution >= 0.6 is 11.3 Å². The van der Waals surface area contributed by atoms with Crippen LogP contribution in [0.3, 0.4) is 0 Å². The van der Waals surface area contributed by atoms with Gasteiger partial charge < -0.3 is 9.64 Å². The van der Waals surface area contributed by atoms with Gasteiger partial charge in [0, 0.05) is 14.1 Å². The van der Waals surface area contributed by atoms with E-state index in [1.54, 1.807) is 32.3 Å².